The molecule has 1 aromatic heterocycles. The van der Waals surface area contributed by atoms with E-state index in [1.165, 1.54) is 11.3 Å². The number of benzene rings is 1. The van der Waals surface area contributed by atoms with Crippen molar-refractivity contribution in [2.24, 2.45) is 11.3 Å². The number of rotatable bonds is 5. The maximum absolute atomic E-state index is 11.3. The number of nitrogens with one attached hydrogen (secondary N) is 1. The number of thiazole rings is 1. The summed E-state index contributed by atoms with van der Waals surface area (Å²) in [4.78, 5) is 15.4. The van der Waals surface area contributed by atoms with Crippen molar-refractivity contribution in [3.63, 3.8) is 0 Å². The summed E-state index contributed by atoms with van der Waals surface area (Å²) in [6.45, 7) is 11.2. The third-order valence-electron chi connectivity index (χ3n) is 4.11. The number of aryl methyl sites for hydroxylation is 1. The normalized spacial score (nSPS) is 12.1. The van der Waals surface area contributed by atoms with E-state index < -0.39 is 0 Å². The molecule has 0 fully saturated rings. The van der Waals surface area contributed by atoms with Crippen LogP contribution in [-0.2, 0) is 0 Å². The molecular weight excluding hydrogens is 286 g/mol. The van der Waals surface area contributed by atoms with Crippen LogP contribution in [0.1, 0.15) is 32.7 Å². The Morgan fingerprint density at radius 1 is 1.43 bits per heavy atom. The second kappa shape index (κ2) is 5.60. The molecule has 0 bridgehead atoms. The van der Waals surface area contributed by atoms with Gasteiger partial charge in [-0.3, -0.25) is 10.1 Å². The van der Waals surface area contributed by atoms with Crippen LogP contribution in [0, 0.1) is 28.4 Å². The number of hydrogen-bond acceptors (Lipinski definition) is 5. The van der Waals surface area contributed by atoms with Gasteiger partial charge in [0.1, 0.15) is 5.69 Å². The molecule has 5 nitrogen and oxygen atoms in total. The first-order chi connectivity index (χ1) is 9.70. The molecule has 0 aliphatic heterocycles. The van der Waals surface area contributed by atoms with Crippen molar-refractivity contribution >= 4 is 32.9 Å². The monoisotopic (exact) mass is 307 g/mol. The van der Waals surface area contributed by atoms with E-state index in [1.807, 2.05) is 6.92 Å². The maximum Gasteiger partial charge on any atom is 0.293 e. The lowest BCUT2D eigenvalue weighted by Gasteiger charge is -2.29. The predicted octanol–water partition coefficient (Wildman–Crippen LogP) is 4.61. The van der Waals surface area contributed by atoms with Gasteiger partial charge in [0.2, 0.25) is 0 Å². The van der Waals surface area contributed by atoms with E-state index in [4.69, 9.17) is 0 Å². The topological polar surface area (TPSA) is 68.1 Å². The van der Waals surface area contributed by atoms with E-state index in [2.05, 4.69) is 38.0 Å². The molecular formula is C15H21N3O2S. The molecule has 2 rings (SSSR count). The lowest BCUT2D eigenvalue weighted by Crippen LogP contribution is -2.28. The summed E-state index contributed by atoms with van der Waals surface area (Å²) in [5, 5.41) is 15.4. The van der Waals surface area contributed by atoms with Crippen LogP contribution in [0.3, 0.4) is 0 Å². The molecule has 0 atom stereocenters. The van der Waals surface area contributed by atoms with E-state index in [1.54, 1.807) is 12.1 Å². The molecule has 0 radical (unpaired) electrons. The highest BCUT2D eigenvalue weighted by Gasteiger charge is 2.24. The van der Waals surface area contributed by atoms with E-state index in [0.717, 1.165) is 15.2 Å². The van der Waals surface area contributed by atoms with Crippen LogP contribution in [0.2, 0.25) is 0 Å². The average Bonchev–Trinajstić information content (AvgIpc) is 2.73. The number of anilines is 1. The van der Waals surface area contributed by atoms with Crippen LogP contribution >= 0.6 is 11.3 Å². The summed E-state index contributed by atoms with van der Waals surface area (Å²) >= 11 is 1.48. The van der Waals surface area contributed by atoms with E-state index >= 15 is 0 Å². The molecule has 0 saturated carbocycles. The third kappa shape index (κ3) is 3.32. The van der Waals surface area contributed by atoms with Gasteiger partial charge in [-0.2, -0.15) is 0 Å². The highest BCUT2D eigenvalue weighted by molar-refractivity contribution is 7.18. The minimum atomic E-state index is -0.334. The first kappa shape index (κ1) is 15.7. The first-order valence-electron chi connectivity index (χ1n) is 7.00. The number of nitro benzene ring substituents is 1. The molecule has 0 aliphatic carbocycles. The summed E-state index contributed by atoms with van der Waals surface area (Å²) in [6, 6.07) is 3.40. The molecule has 0 spiro atoms. The minimum absolute atomic E-state index is 0.0564. The number of fused-ring (bicyclic) bond motifs is 1. The Hall–Kier alpha value is -1.69. The Morgan fingerprint density at radius 2 is 2.10 bits per heavy atom. The summed E-state index contributed by atoms with van der Waals surface area (Å²) in [6.07, 6.45) is 0. The third-order valence-corrected chi connectivity index (χ3v) is 5.04. The number of nitro groups is 1. The van der Waals surface area contributed by atoms with Crippen molar-refractivity contribution in [2.75, 3.05) is 11.9 Å². The van der Waals surface area contributed by atoms with Gasteiger partial charge in [-0.15, -0.1) is 11.3 Å². The van der Waals surface area contributed by atoms with Gasteiger partial charge >= 0.3 is 0 Å². The Balaban J connectivity index is 2.37. The molecule has 2 aromatic rings. The number of aromatic nitrogens is 1. The molecule has 1 heterocycles. The fourth-order valence-electron chi connectivity index (χ4n) is 1.90. The molecule has 0 aliphatic rings. The summed E-state index contributed by atoms with van der Waals surface area (Å²) in [7, 11) is 0. The minimum Gasteiger partial charge on any atom is -0.379 e. The fourth-order valence-corrected chi connectivity index (χ4v) is 2.74. The van der Waals surface area contributed by atoms with Gasteiger partial charge in [-0.25, -0.2) is 4.98 Å². The zero-order chi connectivity index (χ0) is 15.8. The number of nitrogens with zero attached hydrogens (tertiary/aromatic N) is 2. The van der Waals surface area contributed by atoms with Crippen LogP contribution in [0.4, 0.5) is 11.4 Å². The second-order valence-corrected chi connectivity index (χ2v) is 7.56. The largest absolute Gasteiger partial charge is 0.379 e. The lowest BCUT2D eigenvalue weighted by molar-refractivity contribution is -0.383. The second-order valence-electron chi connectivity index (χ2n) is 6.32. The van der Waals surface area contributed by atoms with E-state index in [9.17, 15) is 10.1 Å². The van der Waals surface area contributed by atoms with Crippen LogP contribution in [0.5, 0.6) is 0 Å². The number of hydrogen-bond donors (Lipinski definition) is 1. The molecule has 1 N–H and O–H groups in total. The predicted molar refractivity (Wildman–Crippen MR) is 88.1 cm³/mol. The van der Waals surface area contributed by atoms with Gasteiger partial charge in [0.15, 0.2) is 0 Å². The average molecular weight is 307 g/mol. The van der Waals surface area contributed by atoms with Crippen molar-refractivity contribution in [3.8, 4) is 0 Å². The summed E-state index contributed by atoms with van der Waals surface area (Å²) in [5.74, 6) is 0.481. The lowest BCUT2D eigenvalue weighted by atomic mass is 9.81. The fraction of sp³-hybridized carbons (Fsp3) is 0.533. The highest BCUT2D eigenvalue weighted by atomic mass is 32.1. The van der Waals surface area contributed by atoms with Crippen molar-refractivity contribution in [1.29, 1.82) is 0 Å². The Morgan fingerprint density at radius 3 is 2.67 bits per heavy atom. The maximum atomic E-state index is 11.3. The first-order valence-corrected chi connectivity index (χ1v) is 7.82. The summed E-state index contributed by atoms with van der Waals surface area (Å²) in [5.41, 5.74) is 1.53. The van der Waals surface area contributed by atoms with E-state index in [0.29, 0.717) is 18.2 Å². The molecule has 0 amide bonds. The van der Waals surface area contributed by atoms with Crippen LogP contribution < -0.4 is 5.32 Å². The summed E-state index contributed by atoms with van der Waals surface area (Å²) < 4.78 is 0.855. The van der Waals surface area contributed by atoms with Gasteiger partial charge in [-0.05, 0) is 24.3 Å². The van der Waals surface area contributed by atoms with Crippen LogP contribution in [0.15, 0.2) is 12.1 Å². The van der Waals surface area contributed by atoms with Crippen LogP contribution in [-0.4, -0.2) is 16.5 Å². The van der Waals surface area contributed by atoms with Gasteiger partial charge in [-0.1, -0.05) is 27.7 Å². The highest BCUT2D eigenvalue weighted by Crippen LogP contribution is 2.34. The van der Waals surface area contributed by atoms with Crippen molar-refractivity contribution in [3.05, 3.63) is 27.3 Å². The quantitative estimate of drug-likeness (QED) is 0.647. The van der Waals surface area contributed by atoms with Crippen LogP contribution in [0.25, 0.3) is 10.2 Å². The van der Waals surface area contributed by atoms with Gasteiger partial charge < -0.3 is 5.32 Å². The zero-order valence-electron chi connectivity index (χ0n) is 13.1. The Kier molecular flexibility index (Phi) is 4.18. The molecule has 6 heteroatoms. The molecule has 0 unspecified atom stereocenters. The van der Waals surface area contributed by atoms with E-state index in [-0.39, 0.29) is 16.0 Å². The smallest absolute Gasteiger partial charge is 0.293 e. The van der Waals surface area contributed by atoms with Crippen molar-refractivity contribution in [1.82, 2.24) is 4.98 Å². The molecule has 0 saturated heterocycles. The van der Waals surface area contributed by atoms with Gasteiger partial charge in [0.25, 0.3) is 5.69 Å². The molecule has 1 aromatic carbocycles. The van der Waals surface area contributed by atoms with Crippen molar-refractivity contribution in [2.45, 2.75) is 34.6 Å². The zero-order valence-corrected chi connectivity index (χ0v) is 13.9. The molecule has 114 valence electrons. The molecule has 21 heavy (non-hydrogen) atoms. The Labute approximate surface area is 128 Å². The Bertz CT molecular complexity index is 677. The van der Waals surface area contributed by atoms with Gasteiger partial charge in [0.05, 0.1) is 20.1 Å². The van der Waals surface area contributed by atoms with Crippen molar-refractivity contribution < 1.29 is 4.92 Å². The van der Waals surface area contributed by atoms with Gasteiger partial charge in [0, 0.05) is 12.6 Å². The SMILES string of the molecule is Cc1nc2cc(NCC(C)(C)C(C)C)c([N+](=O)[O-])cc2s1. The standard InChI is InChI=1S/C15H21N3O2S/c1-9(2)15(4,5)8-16-11-6-12-14(21-10(3)17-12)7-13(11)18(19)20/h6-7,9,16H,8H2,1-5H3.